The molecular weight excluding hydrogens is 398 g/mol. The van der Waals surface area contributed by atoms with E-state index in [0.717, 1.165) is 44.3 Å². The summed E-state index contributed by atoms with van der Waals surface area (Å²) in [6, 6.07) is 13.8. The predicted molar refractivity (Wildman–Crippen MR) is 114 cm³/mol. The van der Waals surface area contributed by atoms with Crippen LogP contribution >= 0.6 is 36.0 Å². The number of aromatic nitrogens is 2. The number of hydrogen-bond acceptors (Lipinski definition) is 4. The first kappa shape index (κ1) is 18.3. The number of nitrogens with one attached hydrogen (secondary N) is 2. The number of halogens is 1. The molecule has 0 saturated heterocycles. The number of thiol groups is 1. The zero-order chi connectivity index (χ0) is 19.0. The van der Waals surface area contributed by atoms with Gasteiger partial charge in [0.1, 0.15) is 17.1 Å². The van der Waals surface area contributed by atoms with E-state index in [1.54, 1.807) is 11.8 Å². The lowest BCUT2D eigenvalue weighted by Crippen LogP contribution is -2.36. The van der Waals surface area contributed by atoms with Gasteiger partial charge < -0.3 is 10.1 Å². The third-order valence-corrected chi connectivity index (χ3v) is 5.78. The highest BCUT2D eigenvalue weighted by atomic mass is 35.5. The van der Waals surface area contributed by atoms with Crippen LogP contribution in [-0.2, 0) is 0 Å². The first-order chi connectivity index (χ1) is 13.1. The second-order valence-electron chi connectivity index (χ2n) is 6.10. The molecule has 27 heavy (non-hydrogen) atoms. The fourth-order valence-electron chi connectivity index (χ4n) is 3.09. The molecule has 0 unspecified atom stereocenters. The van der Waals surface area contributed by atoms with E-state index >= 15 is 0 Å². The van der Waals surface area contributed by atoms with Gasteiger partial charge in [0, 0.05) is 22.2 Å². The van der Waals surface area contributed by atoms with Crippen LogP contribution in [0.15, 0.2) is 57.9 Å². The molecule has 138 valence electrons. The van der Waals surface area contributed by atoms with E-state index in [1.165, 1.54) is 0 Å². The molecule has 1 aliphatic heterocycles. The van der Waals surface area contributed by atoms with Crippen LogP contribution in [0.2, 0.25) is 5.02 Å². The number of aryl methyl sites for hydroxylation is 1. The molecule has 2 N–H and O–H groups in total. The first-order valence-electron chi connectivity index (χ1n) is 8.57. The molecule has 2 heterocycles. The number of rotatable bonds is 4. The van der Waals surface area contributed by atoms with Crippen LogP contribution in [0.3, 0.4) is 0 Å². The summed E-state index contributed by atoms with van der Waals surface area (Å²) in [6.45, 7) is 4.69. The van der Waals surface area contributed by atoms with Crippen molar-refractivity contribution in [2.24, 2.45) is 0 Å². The first-order valence-corrected chi connectivity index (χ1v) is 10.3. The molecule has 0 amide bonds. The summed E-state index contributed by atoms with van der Waals surface area (Å²) in [7, 11) is 0. The Hall–Kier alpha value is -2.02. The smallest absolute Gasteiger partial charge is 0.318 e. The number of imidazole rings is 1. The van der Waals surface area contributed by atoms with Crippen molar-refractivity contribution < 1.29 is 9.30 Å². The molecule has 0 atom stereocenters. The van der Waals surface area contributed by atoms with E-state index in [-0.39, 0.29) is 0 Å². The average molecular weight is 417 g/mol. The minimum Gasteiger partial charge on any atom is -0.494 e. The van der Waals surface area contributed by atoms with E-state index in [2.05, 4.69) is 45.0 Å². The van der Waals surface area contributed by atoms with E-state index in [9.17, 15) is 0 Å². The van der Waals surface area contributed by atoms with Crippen LogP contribution in [0.4, 0.5) is 5.69 Å². The van der Waals surface area contributed by atoms with Crippen molar-refractivity contribution in [3.8, 4) is 11.4 Å². The summed E-state index contributed by atoms with van der Waals surface area (Å²) in [5.41, 5.74) is 5.14. The zero-order valence-corrected chi connectivity index (χ0v) is 17.4. The molecule has 1 aromatic heterocycles. The van der Waals surface area contributed by atoms with Gasteiger partial charge in [-0.3, -0.25) is 0 Å². The Morgan fingerprint density at radius 2 is 1.96 bits per heavy atom. The van der Waals surface area contributed by atoms with Gasteiger partial charge in [-0.15, -0.1) is 0 Å². The lowest BCUT2D eigenvalue weighted by atomic mass is 10.2. The van der Waals surface area contributed by atoms with E-state index in [4.69, 9.17) is 16.3 Å². The highest BCUT2D eigenvalue weighted by Gasteiger charge is 2.27. The molecule has 2 aromatic carbocycles. The van der Waals surface area contributed by atoms with Crippen LogP contribution in [-0.4, -0.2) is 11.6 Å². The minimum absolute atomic E-state index is 0.659. The van der Waals surface area contributed by atoms with Crippen molar-refractivity contribution >= 4 is 47.4 Å². The van der Waals surface area contributed by atoms with Crippen molar-refractivity contribution in [2.45, 2.75) is 23.9 Å². The number of anilines is 1. The van der Waals surface area contributed by atoms with Crippen LogP contribution in [0, 0.1) is 6.92 Å². The molecule has 0 spiro atoms. The summed E-state index contributed by atoms with van der Waals surface area (Å²) in [5.74, 6) is 0.883. The SMILES string of the molecule is CCOc1ccc2c(c1)SC=C(c1c(C)[nH]c(S)[n+]1-c1ccc(Cl)cc1)N2. The summed E-state index contributed by atoms with van der Waals surface area (Å²) in [4.78, 5) is 4.46. The van der Waals surface area contributed by atoms with E-state index in [1.807, 2.05) is 44.2 Å². The molecular formula is C20H19ClN3OS2+. The molecule has 0 radical (unpaired) electrons. The highest BCUT2D eigenvalue weighted by Crippen LogP contribution is 2.39. The predicted octanol–water partition coefficient (Wildman–Crippen LogP) is 5.46. The van der Waals surface area contributed by atoms with Crippen LogP contribution < -0.4 is 14.6 Å². The summed E-state index contributed by atoms with van der Waals surface area (Å²) >= 11 is 12.4. The molecule has 1 aliphatic rings. The topological polar surface area (TPSA) is 40.9 Å². The largest absolute Gasteiger partial charge is 0.494 e. The third-order valence-electron chi connectivity index (χ3n) is 4.27. The van der Waals surface area contributed by atoms with Crippen molar-refractivity contribution in [1.82, 2.24) is 4.98 Å². The maximum atomic E-state index is 6.05. The molecule has 0 bridgehead atoms. The summed E-state index contributed by atoms with van der Waals surface area (Å²) in [6.07, 6.45) is 0. The van der Waals surface area contributed by atoms with Gasteiger partial charge in [0.05, 0.1) is 18.0 Å². The maximum absolute atomic E-state index is 6.05. The van der Waals surface area contributed by atoms with Crippen LogP contribution in [0.5, 0.6) is 5.75 Å². The molecule has 4 nitrogen and oxygen atoms in total. The second-order valence-corrected chi connectivity index (χ2v) is 7.87. The molecule has 0 aliphatic carbocycles. The van der Waals surface area contributed by atoms with E-state index in [0.29, 0.717) is 11.6 Å². The Kier molecular flexibility index (Phi) is 5.12. The van der Waals surface area contributed by atoms with Gasteiger partial charge in [0.2, 0.25) is 0 Å². The van der Waals surface area contributed by atoms with Gasteiger partial charge in [-0.2, -0.15) is 4.57 Å². The second kappa shape index (κ2) is 7.54. The van der Waals surface area contributed by atoms with Gasteiger partial charge in [-0.05, 0) is 49.4 Å². The van der Waals surface area contributed by atoms with Crippen molar-refractivity contribution in [1.29, 1.82) is 0 Å². The Bertz CT molecular complexity index is 1030. The van der Waals surface area contributed by atoms with Gasteiger partial charge in [0.15, 0.2) is 5.69 Å². The Morgan fingerprint density at radius 3 is 2.70 bits per heavy atom. The fraction of sp³-hybridized carbons (Fsp3) is 0.150. The molecule has 3 aromatic rings. The Balaban J connectivity index is 1.73. The van der Waals surface area contributed by atoms with Gasteiger partial charge >= 0.3 is 5.16 Å². The van der Waals surface area contributed by atoms with Crippen molar-refractivity contribution in [3.63, 3.8) is 0 Å². The van der Waals surface area contributed by atoms with Gasteiger partial charge in [0.25, 0.3) is 0 Å². The van der Waals surface area contributed by atoms with Gasteiger partial charge in [-0.1, -0.05) is 36.0 Å². The number of thioether (sulfide) groups is 1. The fourth-order valence-corrected chi connectivity index (χ4v) is 4.45. The number of H-pyrrole nitrogens is 1. The maximum Gasteiger partial charge on any atom is 0.318 e. The normalized spacial score (nSPS) is 13.0. The van der Waals surface area contributed by atoms with Crippen LogP contribution in [0.1, 0.15) is 18.3 Å². The Labute approximate surface area is 173 Å². The van der Waals surface area contributed by atoms with Crippen LogP contribution in [0.25, 0.3) is 11.4 Å². The lowest BCUT2D eigenvalue weighted by molar-refractivity contribution is -0.637. The molecule has 0 fully saturated rings. The monoisotopic (exact) mass is 416 g/mol. The van der Waals surface area contributed by atoms with Gasteiger partial charge in [-0.25, -0.2) is 4.98 Å². The standard InChI is InChI=1S/C20H18ClN3OS2/c1-3-25-15-8-9-16-18(10-15)27-11-17(23-16)19-12(2)22-20(26)24(19)14-6-4-13(21)5-7-14/h4-11,23H,3H2,1-2H3,(H,22,26)/p+1. The quantitative estimate of drug-likeness (QED) is 0.391. The van der Waals surface area contributed by atoms with Crippen molar-refractivity contribution in [2.75, 3.05) is 11.9 Å². The highest BCUT2D eigenvalue weighted by molar-refractivity contribution is 8.02. The third kappa shape index (κ3) is 3.57. The number of fused-ring (bicyclic) bond motifs is 1. The van der Waals surface area contributed by atoms with E-state index < -0.39 is 0 Å². The number of hydrogen-bond donors (Lipinski definition) is 3. The molecule has 7 heteroatoms. The van der Waals surface area contributed by atoms with Crippen molar-refractivity contribution in [3.05, 3.63) is 64.3 Å². The molecule has 4 rings (SSSR count). The minimum atomic E-state index is 0.659. The average Bonchev–Trinajstić information content (AvgIpc) is 2.96. The summed E-state index contributed by atoms with van der Waals surface area (Å²) in [5, 5.41) is 7.13. The zero-order valence-electron chi connectivity index (χ0n) is 14.9. The lowest BCUT2D eigenvalue weighted by Gasteiger charge is -2.19. The number of ether oxygens (including phenoxy) is 1. The number of nitrogens with zero attached hydrogens (tertiary/aromatic N) is 1. The number of aromatic amines is 1. The summed E-state index contributed by atoms with van der Waals surface area (Å²) < 4.78 is 7.68. The number of benzene rings is 2. The molecule has 0 saturated carbocycles. The Morgan fingerprint density at radius 1 is 1.19 bits per heavy atom.